The number of fused-ring (bicyclic) bond motifs is 1. The maximum atomic E-state index is 12.7. The first kappa shape index (κ1) is 17.0. The van der Waals surface area contributed by atoms with Crippen molar-refractivity contribution in [3.8, 4) is 0 Å². The Morgan fingerprint density at radius 2 is 2.24 bits per heavy atom. The maximum Gasteiger partial charge on any atom is 0.242 e. The predicted molar refractivity (Wildman–Crippen MR) is 96.9 cm³/mol. The third-order valence-electron chi connectivity index (χ3n) is 5.46. The smallest absolute Gasteiger partial charge is 0.242 e. The number of rotatable bonds is 6. The number of aromatic nitrogens is 3. The second kappa shape index (κ2) is 7.07. The van der Waals surface area contributed by atoms with Gasteiger partial charge in [-0.3, -0.25) is 4.31 Å². The van der Waals surface area contributed by atoms with Gasteiger partial charge < -0.3 is 9.88 Å². The van der Waals surface area contributed by atoms with Gasteiger partial charge in [-0.25, -0.2) is 18.7 Å². The molecule has 1 saturated carbocycles. The molecule has 2 aromatic rings. The van der Waals surface area contributed by atoms with E-state index in [1.54, 1.807) is 18.3 Å². The van der Waals surface area contributed by atoms with E-state index < -0.39 is 12.3 Å². The van der Waals surface area contributed by atoms with E-state index in [0.717, 1.165) is 42.0 Å². The molecule has 2 aliphatic rings. The lowest BCUT2D eigenvalue weighted by atomic mass is 9.81. The zero-order chi connectivity index (χ0) is 17.4. The zero-order valence-electron chi connectivity index (χ0n) is 14.2. The lowest BCUT2D eigenvalue weighted by Gasteiger charge is -2.42. The molecule has 1 saturated heterocycles. The first-order valence-corrected chi connectivity index (χ1v) is 9.73. The van der Waals surface area contributed by atoms with Crippen molar-refractivity contribution in [1.29, 1.82) is 0 Å². The summed E-state index contributed by atoms with van der Waals surface area (Å²) in [6.45, 7) is 1.33. The van der Waals surface area contributed by atoms with Gasteiger partial charge in [0, 0.05) is 44.0 Å². The fourth-order valence-electron chi connectivity index (χ4n) is 3.75. The van der Waals surface area contributed by atoms with Gasteiger partial charge in [-0.15, -0.1) is 0 Å². The van der Waals surface area contributed by atoms with Crippen LogP contribution in [-0.4, -0.2) is 57.6 Å². The molecular formula is C17H23F2N5S. The van der Waals surface area contributed by atoms with E-state index in [2.05, 4.69) is 31.2 Å². The van der Waals surface area contributed by atoms with Crippen LogP contribution in [0.2, 0.25) is 0 Å². The summed E-state index contributed by atoms with van der Waals surface area (Å²) in [4.78, 5) is 14.1. The fraction of sp³-hybridized carbons (Fsp3) is 0.647. The van der Waals surface area contributed by atoms with E-state index in [-0.39, 0.29) is 0 Å². The van der Waals surface area contributed by atoms with Gasteiger partial charge in [0.05, 0.1) is 5.39 Å². The van der Waals surface area contributed by atoms with E-state index in [9.17, 15) is 8.78 Å². The second-order valence-corrected chi connectivity index (χ2v) is 8.21. The summed E-state index contributed by atoms with van der Waals surface area (Å²) < 4.78 is 27.6. The molecule has 2 fully saturated rings. The highest BCUT2D eigenvalue weighted by molar-refractivity contribution is 7.97. The SMILES string of the molecule is CN(c1ncnc2[nH]ccc12)[C@H]1C[C@@H](CSN2CCC(C(F)F)C2)C1. The third-order valence-corrected chi connectivity index (χ3v) is 6.78. The molecule has 0 spiro atoms. The van der Waals surface area contributed by atoms with Gasteiger partial charge in [0.2, 0.25) is 6.43 Å². The van der Waals surface area contributed by atoms with Gasteiger partial charge in [0.1, 0.15) is 17.8 Å². The van der Waals surface area contributed by atoms with Crippen LogP contribution >= 0.6 is 11.9 Å². The monoisotopic (exact) mass is 367 g/mol. The van der Waals surface area contributed by atoms with Crippen molar-refractivity contribution in [1.82, 2.24) is 19.3 Å². The van der Waals surface area contributed by atoms with Gasteiger partial charge in [-0.2, -0.15) is 0 Å². The van der Waals surface area contributed by atoms with Crippen LogP contribution < -0.4 is 4.90 Å². The van der Waals surface area contributed by atoms with Crippen LogP contribution in [0.5, 0.6) is 0 Å². The minimum Gasteiger partial charge on any atom is -0.356 e. The van der Waals surface area contributed by atoms with Crippen molar-refractivity contribution in [3.63, 3.8) is 0 Å². The lowest BCUT2D eigenvalue weighted by molar-refractivity contribution is 0.0849. The Kier molecular flexibility index (Phi) is 4.82. The summed E-state index contributed by atoms with van der Waals surface area (Å²) in [5.74, 6) is 2.23. The molecule has 136 valence electrons. The number of H-pyrrole nitrogens is 1. The number of nitrogens with zero attached hydrogens (tertiary/aromatic N) is 4. The van der Waals surface area contributed by atoms with Crippen LogP contribution in [0.3, 0.4) is 0 Å². The largest absolute Gasteiger partial charge is 0.356 e. The molecule has 1 unspecified atom stereocenters. The molecule has 3 heterocycles. The number of hydrogen-bond donors (Lipinski definition) is 1. The van der Waals surface area contributed by atoms with Gasteiger partial charge in [-0.1, -0.05) is 11.9 Å². The standard InChI is InChI=1S/C17H23F2N5S/c1-23(17-14-2-4-20-16(14)21-10-22-17)13-6-11(7-13)9-25-24-5-3-12(8-24)15(18)19/h2,4,10-13,15H,3,5-9H2,1H3,(H,20,21,22)/t11-,12?,13+. The van der Waals surface area contributed by atoms with E-state index >= 15 is 0 Å². The predicted octanol–water partition coefficient (Wildman–Crippen LogP) is 3.41. The number of aromatic amines is 1. The van der Waals surface area contributed by atoms with Crippen LogP contribution in [0, 0.1) is 11.8 Å². The Hall–Kier alpha value is -1.41. The maximum absolute atomic E-state index is 12.7. The zero-order valence-corrected chi connectivity index (χ0v) is 15.1. The first-order valence-electron chi connectivity index (χ1n) is 8.78. The normalized spacial score (nSPS) is 27.1. The quantitative estimate of drug-likeness (QED) is 0.793. The van der Waals surface area contributed by atoms with Crippen molar-refractivity contribution in [2.75, 3.05) is 30.8 Å². The third kappa shape index (κ3) is 3.46. The van der Waals surface area contributed by atoms with Crippen LogP contribution in [-0.2, 0) is 0 Å². The molecule has 5 nitrogen and oxygen atoms in total. The van der Waals surface area contributed by atoms with Gasteiger partial charge >= 0.3 is 0 Å². The molecule has 1 aliphatic carbocycles. The highest BCUT2D eigenvalue weighted by Gasteiger charge is 2.35. The van der Waals surface area contributed by atoms with Crippen LogP contribution in [0.4, 0.5) is 14.6 Å². The Labute approximate surface area is 150 Å². The molecule has 4 rings (SSSR count). The van der Waals surface area contributed by atoms with Crippen molar-refractivity contribution < 1.29 is 8.78 Å². The van der Waals surface area contributed by atoms with Gasteiger partial charge in [-0.05, 0) is 31.2 Å². The summed E-state index contributed by atoms with van der Waals surface area (Å²) in [5.41, 5.74) is 0.867. The first-order chi connectivity index (χ1) is 12.1. The molecule has 0 bridgehead atoms. The van der Waals surface area contributed by atoms with Crippen LogP contribution in [0.15, 0.2) is 18.6 Å². The van der Waals surface area contributed by atoms with Gasteiger partial charge in [0.25, 0.3) is 0 Å². The Morgan fingerprint density at radius 3 is 3.00 bits per heavy atom. The topological polar surface area (TPSA) is 48.1 Å². The number of nitrogens with one attached hydrogen (secondary N) is 1. The average Bonchev–Trinajstić information content (AvgIpc) is 3.21. The summed E-state index contributed by atoms with van der Waals surface area (Å²) >= 11 is 1.75. The summed E-state index contributed by atoms with van der Waals surface area (Å²) in [7, 11) is 2.09. The summed E-state index contributed by atoms with van der Waals surface area (Å²) in [5, 5.41) is 1.05. The molecule has 1 N–H and O–H groups in total. The molecule has 0 amide bonds. The summed E-state index contributed by atoms with van der Waals surface area (Å²) in [6.07, 6.45) is 4.20. The molecule has 25 heavy (non-hydrogen) atoms. The molecule has 2 aromatic heterocycles. The number of alkyl halides is 2. The molecule has 0 radical (unpaired) electrons. The van der Waals surface area contributed by atoms with E-state index in [4.69, 9.17) is 0 Å². The molecule has 1 aliphatic heterocycles. The average molecular weight is 367 g/mol. The minimum absolute atomic E-state index is 0.436. The van der Waals surface area contributed by atoms with Crippen molar-refractivity contribution >= 4 is 28.8 Å². The fourth-order valence-corrected chi connectivity index (χ4v) is 4.98. The lowest BCUT2D eigenvalue weighted by Crippen LogP contribution is -2.44. The van der Waals surface area contributed by atoms with Crippen molar-refractivity contribution in [2.24, 2.45) is 11.8 Å². The van der Waals surface area contributed by atoms with Gasteiger partial charge in [0.15, 0.2) is 0 Å². The summed E-state index contributed by atoms with van der Waals surface area (Å²) in [6, 6.07) is 2.51. The Morgan fingerprint density at radius 1 is 1.40 bits per heavy atom. The minimum atomic E-state index is -2.18. The second-order valence-electron chi connectivity index (χ2n) is 7.11. The number of hydrogen-bond acceptors (Lipinski definition) is 5. The Balaban J connectivity index is 1.26. The number of anilines is 1. The Bertz CT molecular complexity index is 718. The van der Waals surface area contributed by atoms with Crippen LogP contribution in [0.25, 0.3) is 11.0 Å². The van der Waals surface area contributed by atoms with E-state index in [0.29, 0.717) is 24.9 Å². The van der Waals surface area contributed by atoms with Crippen LogP contribution in [0.1, 0.15) is 19.3 Å². The van der Waals surface area contributed by atoms with E-state index in [1.165, 1.54) is 0 Å². The molecule has 8 heteroatoms. The molecular weight excluding hydrogens is 344 g/mol. The van der Waals surface area contributed by atoms with Crippen molar-refractivity contribution in [2.45, 2.75) is 31.7 Å². The molecule has 1 atom stereocenters. The van der Waals surface area contributed by atoms with E-state index in [1.807, 2.05) is 12.3 Å². The number of halogens is 2. The highest BCUT2D eigenvalue weighted by Crippen LogP contribution is 2.38. The molecule has 0 aromatic carbocycles. The van der Waals surface area contributed by atoms with Crippen molar-refractivity contribution in [3.05, 3.63) is 18.6 Å². The highest BCUT2D eigenvalue weighted by atomic mass is 32.2.